The van der Waals surface area contributed by atoms with Gasteiger partial charge in [0.15, 0.2) is 0 Å². The van der Waals surface area contributed by atoms with Gasteiger partial charge in [-0.2, -0.15) is 5.10 Å². The van der Waals surface area contributed by atoms with Crippen LogP contribution in [0.5, 0.6) is 0 Å². The number of aryl methyl sites for hydroxylation is 2. The molecular weight excluding hydrogens is 384 g/mol. The molecule has 1 saturated carbocycles. The first-order chi connectivity index (χ1) is 14.1. The van der Waals surface area contributed by atoms with E-state index in [4.69, 9.17) is 0 Å². The van der Waals surface area contributed by atoms with Crippen LogP contribution >= 0.6 is 11.3 Å². The van der Waals surface area contributed by atoms with E-state index in [0.29, 0.717) is 18.2 Å². The number of nitrogens with zero attached hydrogens (tertiary/aromatic N) is 4. The summed E-state index contributed by atoms with van der Waals surface area (Å²) in [4.78, 5) is 21.9. The van der Waals surface area contributed by atoms with Crippen molar-refractivity contribution in [1.29, 1.82) is 0 Å². The summed E-state index contributed by atoms with van der Waals surface area (Å²) in [5, 5.41) is 16.0. The van der Waals surface area contributed by atoms with E-state index in [1.54, 1.807) is 17.7 Å². The SMILES string of the molecule is Cc1nnc2sc3c(NCc4ccc(C(=O)NC5CC5)cc4)ncnc3c2c1C. The number of hydrogen-bond donors (Lipinski definition) is 2. The molecule has 0 radical (unpaired) electrons. The summed E-state index contributed by atoms with van der Waals surface area (Å²) < 4.78 is 0.978. The van der Waals surface area contributed by atoms with Crippen LogP contribution in [0.2, 0.25) is 0 Å². The number of fused-ring (bicyclic) bond motifs is 3. The first kappa shape index (κ1) is 17.9. The molecule has 0 saturated heterocycles. The second kappa shape index (κ2) is 7.04. The number of anilines is 1. The normalized spacial score (nSPS) is 13.7. The maximum absolute atomic E-state index is 12.1. The van der Waals surface area contributed by atoms with Gasteiger partial charge in [0.2, 0.25) is 0 Å². The van der Waals surface area contributed by atoms with Gasteiger partial charge in [-0.3, -0.25) is 4.79 Å². The van der Waals surface area contributed by atoms with Crippen LogP contribution in [0.15, 0.2) is 30.6 Å². The largest absolute Gasteiger partial charge is 0.365 e. The van der Waals surface area contributed by atoms with Crippen molar-refractivity contribution in [2.24, 2.45) is 0 Å². The predicted octanol–water partition coefficient (Wildman–Crippen LogP) is 3.76. The van der Waals surface area contributed by atoms with Crippen molar-refractivity contribution >= 4 is 43.5 Å². The van der Waals surface area contributed by atoms with E-state index >= 15 is 0 Å². The van der Waals surface area contributed by atoms with Crippen LogP contribution in [0.4, 0.5) is 5.82 Å². The Kier molecular flexibility index (Phi) is 4.35. The number of amides is 1. The highest BCUT2D eigenvalue weighted by molar-refractivity contribution is 7.25. The minimum Gasteiger partial charge on any atom is -0.365 e. The number of rotatable bonds is 5. The Hall–Kier alpha value is -3.13. The molecular formula is C21H20N6OS. The lowest BCUT2D eigenvalue weighted by Crippen LogP contribution is -2.25. The van der Waals surface area contributed by atoms with Gasteiger partial charge in [0, 0.05) is 23.5 Å². The Labute approximate surface area is 171 Å². The fourth-order valence-electron chi connectivity index (χ4n) is 3.26. The van der Waals surface area contributed by atoms with Crippen molar-refractivity contribution in [3.63, 3.8) is 0 Å². The van der Waals surface area contributed by atoms with Gasteiger partial charge in [-0.15, -0.1) is 16.4 Å². The number of carbonyl (C=O) groups excluding carboxylic acids is 1. The Balaban J connectivity index is 1.38. The highest BCUT2D eigenvalue weighted by Crippen LogP contribution is 2.36. The Morgan fingerprint density at radius 2 is 1.93 bits per heavy atom. The van der Waals surface area contributed by atoms with Gasteiger partial charge in [0.1, 0.15) is 17.0 Å². The summed E-state index contributed by atoms with van der Waals surface area (Å²) in [5.41, 5.74) is 4.69. The fraction of sp³-hybridized carbons (Fsp3) is 0.286. The topological polar surface area (TPSA) is 92.7 Å². The van der Waals surface area contributed by atoms with Gasteiger partial charge >= 0.3 is 0 Å². The smallest absolute Gasteiger partial charge is 0.251 e. The van der Waals surface area contributed by atoms with E-state index in [1.807, 2.05) is 31.2 Å². The van der Waals surface area contributed by atoms with Crippen molar-refractivity contribution in [3.05, 3.63) is 53.0 Å². The Morgan fingerprint density at radius 1 is 1.14 bits per heavy atom. The van der Waals surface area contributed by atoms with E-state index in [1.165, 1.54) is 0 Å². The summed E-state index contributed by atoms with van der Waals surface area (Å²) in [6.07, 6.45) is 3.75. The molecule has 0 aliphatic heterocycles. The molecule has 146 valence electrons. The summed E-state index contributed by atoms with van der Waals surface area (Å²) in [5.74, 6) is 0.784. The third-order valence-electron chi connectivity index (χ3n) is 5.25. The molecule has 0 bridgehead atoms. The molecule has 29 heavy (non-hydrogen) atoms. The average Bonchev–Trinajstić information content (AvgIpc) is 3.46. The lowest BCUT2D eigenvalue weighted by molar-refractivity contribution is 0.0951. The molecule has 3 aromatic heterocycles. The lowest BCUT2D eigenvalue weighted by atomic mass is 10.1. The quantitative estimate of drug-likeness (QED) is 0.526. The standard InChI is InChI=1S/C21H20N6OS/c1-11-12(2)26-27-21-16(11)17-18(29-21)19(24-10-23-17)22-9-13-3-5-14(6-4-13)20(28)25-15-7-8-15/h3-6,10,15H,7-9H2,1-2H3,(H,25,28)(H,22,23,24). The zero-order chi connectivity index (χ0) is 20.0. The zero-order valence-corrected chi connectivity index (χ0v) is 17.0. The second-order valence-electron chi connectivity index (χ2n) is 7.39. The van der Waals surface area contributed by atoms with E-state index in [0.717, 1.165) is 55.9 Å². The highest BCUT2D eigenvalue weighted by atomic mass is 32.1. The molecule has 1 fully saturated rings. The van der Waals surface area contributed by atoms with Gasteiger partial charge in [-0.1, -0.05) is 12.1 Å². The molecule has 1 aliphatic rings. The third kappa shape index (κ3) is 3.40. The monoisotopic (exact) mass is 404 g/mol. The number of benzene rings is 1. The van der Waals surface area contributed by atoms with Crippen molar-refractivity contribution in [2.75, 3.05) is 5.32 Å². The van der Waals surface area contributed by atoms with Crippen molar-refractivity contribution in [3.8, 4) is 0 Å². The van der Waals surface area contributed by atoms with Gasteiger partial charge in [0.25, 0.3) is 5.91 Å². The van der Waals surface area contributed by atoms with Gasteiger partial charge in [-0.25, -0.2) is 9.97 Å². The fourth-order valence-corrected chi connectivity index (χ4v) is 4.36. The van der Waals surface area contributed by atoms with E-state index in [9.17, 15) is 4.79 Å². The summed E-state index contributed by atoms with van der Waals surface area (Å²) in [6, 6.07) is 8.04. The predicted molar refractivity (Wildman–Crippen MR) is 114 cm³/mol. The minimum atomic E-state index is 0.00145. The number of carbonyl (C=O) groups is 1. The van der Waals surface area contributed by atoms with E-state index in [-0.39, 0.29) is 5.91 Å². The van der Waals surface area contributed by atoms with Gasteiger partial charge < -0.3 is 10.6 Å². The average molecular weight is 404 g/mol. The molecule has 1 aliphatic carbocycles. The van der Waals surface area contributed by atoms with Crippen molar-refractivity contribution in [2.45, 2.75) is 39.3 Å². The van der Waals surface area contributed by atoms with Crippen molar-refractivity contribution < 1.29 is 4.79 Å². The second-order valence-corrected chi connectivity index (χ2v) is 8.39. The van der Waals surface area contributed by atoms with E-state index in [2.05, 4.69) is 37.7 Å². The van der Waals surface area contributed by atoms with Crippen LogP contribution < -0.4 is 10.6 Å². The van der Waals surface area contributed by atoms with Crippen LogP contribution in [-0.4, -0.2) is 32.1 Å². The number of nitrogens with one attached hydrogen (secondary N) is 2. The first-order valence-corrected chi connectivity index (χ1v) is 10.4. The zero-order valence-electron chi connectivity index (χ0n) is 16.2. The van der Waals surface area contributed by atoms with Crippen LogP contribution in [0, 0.1) is 13.8 Å². The van der Waals surface area contributed by atoms with Crippen LogP contribution in [0.1, 0.15) is 40.0 Å². The molecule has 2 N–H and O–H groups in total. The molecule has 1 amide bonds. The molecule has 0 atom stereocenters. The van der Waals surface area contributed by atoms with Crippen LogP contribution in [0.25, 0.3) is 20.4 Å². The molecule has 3 heterocycles. The maximum atomic E-state index is 12.1. The molecule has 7 nitrogen and oxygen atoms in total. The Morgan fingerprint density at radius 3 is 2.69 bits per heavy atom. The van der Waals surface area contributed by atoms with E-state index < -0.39 is 0 Å². The van der Waals surface area contributed by atoms with Crippen LogP contribution in [-0.2, 0) is 6.54 Å². The van der Waals surface area contributed by atoms with Gasteiger partial charge in [0.05, 0.1) is 15.9 Å². The van der Waals surface area contributed by atoms with Gasteiger partial charge in [-0.05, 0) is 49.9 Å². The molecule has 0 spiro atoms. The molecule has 4 aromatic rings. The number of aromatic nitrogens is 4. The molecule has 8 heteroatoms. The third-order valence-corrected chi connectivity index (χ3v) is 6.32. The maximum Gasteiger partial charge on any atom is 0.251 e. The summed E-state index contributed by atoms with van der Waals surface area (Å²) >= 11 is 1.55. The minimum absolute atomic E-state index is 0.00145. The summed E-state index contributed by atoms with van der Waals surface area (Å²) in [7, 11) is 0. The van der Waals surface area contributed by atoms with Crippen LogP contribution in [0.3, 0.4) is 0 Å². The first-order valence-electron chi connectivity index (χ1n) is 9.61. The molecule has 1 aromatic carbocycles. The molecule has 0 unspecified atom stereocenters. The highest BCUT2D eigenvalue weighted by Gasteiger charge is 2.23. The summed E-state index contributed by atoms with van der Waals surface area (Å²) in [6.45, 7) is 4.61. The number of hydrogen-bond acceptors (Lipinski definition) is 7. The lowest BCUT2D eigenvalue weighted by Gasteiger charge is -2.08. The molecule has 5 rings (SSSR count). The van der Waals surface area contributed by atoms with Crippen molar-refractivity contribution in [1.82, 2.24) is 25.5 Å². The Bertz CT molecular complexity index is 1230. The number of thiophene rings is 1.